The molecule has 22 heavy (non-hydrogen) atoms. The third-order valence-electron chi connectivity index (χ3n) is 2.78. The molecule has 0 aliphatic carbocycles. The first-order valence-corrected chi connectivity index (χ1v) is 6.39. The second-order valence-corrected chi connectivity index (χ2v) is 4.52. The average Bonchev–Trinajstić information content (AvgIpc) is 2.47. The third-order valence-corrected chi connectivity index (χ3v) is 2.78. The van der Waals surface area contributed by atoms with E-state index < -0.39 is 4.92 Å². The Labute approximate surface area is 126 Å². The molecule has 2 rings (SSSR count). The number of benzene rings is 2. The summed E-state index contributed by atoms with van der Waals surface area (Å²) in [5.41, 5.74) is 1.28. The molecule has 112 valence electrons. The number of rotatable bonds is 4. The zero-order valence-corrected chi connectivity index (χ0v) is 11.7. The maximum Gasteiger partial charge on any atom is 0.269 e. The largest absolute Gasteiger partial charge is 0.326 e. The Bertz CT molecular complexity index is 726. The molecule has 0 saturated heterocycles. The average molecular weight is 299 g/mol. The van der Waals surface area contributed by atoms with Gasteiger partial charge in [-0.1, -0.05) is 6.07 Å². The number of nitrogens with zero attached hydrogens (tertiary/aromatic N) is 1. The van der Waals surface area contributed by atoms with Gasteiger partial charge < -0.3 is 10.6 Å². The smallest absolute Gasteiger partial charge is 0.269 e. The molecule has 2 aromatic rings. The van der Waals surface area contributed by atoms with Crippen molar-refractivity contribution in [2.45, 2.75) is 6.92 Å². The second kappa shape index (κ2) is 6.49. The molecule has 0 fully saturated rings. The molecule has 0 bridgehead atoms. The maximum absolute atomic E-state index is 12.1. The van der Waals surface area contributed by atoms with E-state index in [1.165, 1.54) is 31.2 Å². The van der Waals surface area contributed by atoms with Gasteiger partial charge >= 0.3 is 0 Å². The van der Waals surface area contributed by atoms with Crippen LogP contribution in [0.5, 0.6) is 0 Å². The van der Waals surface area contributed by atoms with Gasteiger partial charge in [0.1, 0.15) is 0 Å². The Hall–Kier alpha value is -3.22. The Morgan fingerprint density at radius 1 is 1.00 bits per heavy atom. The van der Waals surface area contributed by atoms with Crippen LogP contribution in [0.4, 0.5) is 17.1 Å². The Balaban J connectivity index is 2.11. The zero-order chi connectivity index (χ0) is 16.1. The van der Waals surface area contributed by atoms with Gasteiger partial charge in [0.25, 0.3) is 11.6 Å². The SMILES string of the molecule is CC(=O)Nc1cccc(C(=O)Nc2ccc([N+](=O)[O-])cc2)c1. The Morgan fingerprint density at radius 2 is 1.68 bits per heavy atom. The normalized spacial score (nSPS) is 9.86. The summed E-state index contributed by atoms with van der Waals surface area (Å²) in [6.07, 6.45) is 0. The third kappa shape index (κ3) is 3.89. The van der Waals surface area contributed by atoms with E-state index in [1.807, 2.05) is 0 Å². The van der Waals surface area contributed by atoms with Crippen molar-refractivity contribution in [2.24, 2.45) is 0 Å². The predicted molar refractivity (Wildman–Crippen MR) is 81.8 cm³/mol. The molecule has 2 N–H and O–H groups in total. The quantitative estimate of drug-likeness (QED) is 0.669. The van der Waals surface area contributed by atoms with Crippen LogP contribution in [0.2, 0.25) is 0 Å². The molecule has 2 amide bonds. The molecule has 0 spiro atoms. The summed E-state index contributed by atoms with van der Waals surface area (Å²) in [7, 11) is 0. The van der Waals surface area contributed by atoms with Crippen molar-refractivity contribution < 1.29 is 14.5 Å². The van der Waals surface area contributed by atoms with Crippen LogP contribution in [0.1, 0.15) is 17.3 Å². The van der Waals surface area contributed by atoms with E-state index in [0.717, 1.165) is 0 Å². The number of hydrogen-bond donors (Lipinski definition) is 2. The highest BCUT2D eigenvalue weighted by atomic mass is 16.6. The summed E-state index contributed by atoms with van der Waals surface area (Å²) in [6, 6.07) is 12.0. The highest BCUT2D eigenvalue weighted by Gasteiger charge is 2.09. The molecular formula is C15H13N3O4. The van der Waals surface area contributed by atoms with Crippen LogP contribution in [0.25, 0.3) is 0 Å². The van der Waals surface area contributed by atoms with Crippen molar-refractivity contribution in [1.82, 2.24) is 0 Å². The first kappa shape index (κ1) is 15.2. The first-order chi connectivity index (χ1) is 10.5. The van der Waals surface area contributed by atoms with E-state index in [-0.39, 0.29) is 17.5 Å². The number of nitrogens with one attached hydrogen (secondary N) is 2. The van der Waals surface area contributed by atoms with Gasteiger partial charge in [0.2, 0.25) is 5.91 Å². The number of anilines is 2. The van der Waals surface area contributed by atoms with Crippen molar-refractivity contribution in [3.63, 3.8) is 0 Å². The van der Waals surface area contributed by atoms with Gasteiger partial charge in [-0.3, -0.25) is 19.7 Å². The molecule has 0 atom stereocenters. The van der Waals surface area contributed by atoms with Gasteiger partial charge in [-0.15, -0.1) is 0 Å². The van der Waals surface area contributed by atoms with Crippen LogP contribution in [0.15, 0.2) is 48.5 Å². The first-order valence-electron chi connectivity index (χ1n) is 6.39. The molecule has 0 aliphatic rings. The van der Waals surface area contributed by atoms with Gasteiger partial charge in [0.15, 0.2) is 0 Å². The topological polar surface area (TPSA) is 101 Å². The van der Waals surface area contributed by atoms with Crippen LogP contribution in [0.3, 0.4) is 0 Å². The number of nitro groups is 1. The Kier molecular flexibility index (Phi) is 4.47. The monoisotopic (exact) mass is 299 g/mol. The fourth-order valence-corrected chi connectivity index (χ4v) is 1.81. The number of nitro benzene ring substituents is 1. The van der Waals surface area contributed by atoms with Crippen molar-refractivity contribution in [1.29, 1.82) is 0 Å². The van der Waals surface area contributed by atoms with Gasteiger partial charge in [-0.25, -0.2) is 0 Å². The summed E-state index contributed by atoms with van der Waals surface area (Å²) in [6.45, 7) is 1.38. The summed E-state index contributed by atoms with van der Waals surface area (Å²) in [5, 5.41) is 15.8. The summed E-state index contributed by atoms with van der Waals surface area (Å²) in [5.74, 6) is -0.603. The number of amides is 2. The van der Waals surface area contributed by atoms with Gasteiger partial charge in [0.05, 0.1) is 4.92 Å². The van der Waals surface area contributed by atoms with Crippen LogP contribution in [-0.2, 0) is 4.79 Å². The minimum atomic E-state index is -0.511. The van der Waals surface area contributed by atoms with E-state index in [1.54, 1.807) is 24.3 Å². The van der Waals surface area contributed by atoms with Crippen molar-refractivity contribution in [2.75, 3.05) is 10.6 Å². The summed E-state index contributed by atoms with van der Waals surface area (Å²) in [4.78, 5) is 33.2. The van der Waals surface area contributed by atoms with E-state index in [0.29, 0.717) is 16.9 Å². The molecule has 0 radical (unpaired) electrons. The lowest BCUT2D eigenvalue weighted by Gasteiger charge is -2.07. The van der Waals surface area contributed by atoms with Crippen molar-refractivity contribution in [3.05, 3.63) is 64.2 Å². The van der Waals surface area contributed by atoms with E-state index in [4.69, 9.17) is 0 Å². The van der Waals surface area contributed by atoms with Crippen molar-refractivity contribution in [3.8, 4) is 0 Å². The number of non-ortho nitro benzene ring substituents is 1. The summed E-state index contributed by atoms with van der Waals surface area (Å²) < 4.78 is 0. The van der Waals surface area contributed by atoms with Crippen LogP contribution in [0, 0.1) is 10.1 Å². The molecule has 2 aromatic carbocycles. The lowest BCUT2D eigenvalue weighted by Crippen LogP contribution is -2.13. The zero-order valence-electron chi connectivity index (χ0n) is 11.7. The molecule has 7 heteroatoms. The number of hydrogen-bond acceptors (Lipinski definition) is 4. The van der Waals surface area contributed by atoms with Crippen LogP contribution < -0.4 is 10.6 Å². The van der Waals surface area contributed by atoms with Crippen molar-refractivity contribution >= 4 is 28.9 Å². The standard InChI is InChI=1S/C15H13N3O4/c1-10(19)16-13-4-2-3-11(9-13)15(20)17-12-5-7-14(8-6-12)18(21)22/h2-9H,1H3,(H,16,19)(H,17,20). The van der Waals surface area contributed by atoms with Crippen LogP contribution in [-0.4, -0.2) is 16.7 Å². The fraction of sp³-hybridized carbons (Fsp3) is 0.0667. The molecule has 0 saturated carbocycles. The minimum absolute atomic E-state index is 0.0503. The predicted octanol–water partition coefficient (Wildman–Crippen LogP) is 2.81. The van der Waals surface area contributed by atoms with E-state index in [2.05, 4.69) is 10.6 Å². The van der Waals surface area contributed by atoms with Crippen LogP contribution >= 0.6 is 0 Å². The molecule has 0 aliphatic heterocycles. The second-order valence-electron chi connectivity index (χ2n) is 4.52. The van der Waals surface area contributed by atoms with E-state index in [9.17, 15) is 19.7 Å². The molecular weight excluding hydrogens is 286 g/mol. The maximum atomic E-state index is 12.1. The molecule has 7 nitrogen and oxygen atoms in total. The molecule has 0 heterocycles. The minimum Gasteiger partial charge on any atom is -0.326 e. The lowest BCUT2D eigenvalue weighted by molar-refractivity contribution is -0.384. The number of carbonyl (C=O) groups excluding carboxylic acids is 2. The number of carbonyl (C=O) groups is 2. The highest BCUT2D eigenvalue weighted by Crippen LogP contribution is 2.17. The molecule has 0 unspecified atom stereocenters. The van der Waals surface area contributed by atoms with Gasteiger partial charge in [-0.2, -0.15) is 0 Å². The Morgan fingerprint density at radius 3 is 2.27 bits per heavy atom. The van der Waals surface area contributed by atoms with Gasteiger partial charge in [0, 0.05) is 36.0 Å². The highest BCUT2D eigenvalue weighted by molar-refractivity contribution is 6.05. The summed E-state index contributed by atoms with van der Waals surface area (Å²) >= 11 is 0. The molecule has 0 aromatic heterocycles. The fourth-order valence-electron chi connectivity index (χ4n) is 1.81. The van der Waals surface area contributed by atoms with E-state index >= 15 is 0 Å². The van der Waals surface area contributed by atoms with Gasteiger partial charge in [-0.05, 0) is 30.3 Å². The lowest BCUT2D eigenvalue weighted by atomic mass is 10.1.